The number of halogens is 1. The number of rotatable bonds is 8. The molecular weight excluding hydrogens is 253 g/mol. The Morgan fingerprint density at radius 2 is 2.05 bits per heavy atom. The smallest absolute Gasteiger partial charge is 0.146 e. The largest absolute Gasteiger partial charge is 0.369 e. The summed E-state index contributed by atoms with van der Waals surface area (Å²) in [6, 6.07) is 9.18. The van der Waals surface area contributed by atoms with E-state index in [0.29, 0.717) is 5.69 Å². The Bertz CT molecular complexity index is 449. The molecule has 1 aromatic carbocycles. The zero-order valence-electron chi connectivity index (χ0n) is 12.6. The average Bonchev–Trinajstić information content (AvgIpc) is 2.49. The van der Waals surface area contributed by atoms with Gasteiger partial charge >= 0.3 is 0 Å². The first-order chi connectivity index (χ1) is 9.62. The fourth-order valence-corrected chi connectivity index (χ4v) is 2.40. The van der Waals surface area contributed by atoms with Crippen LogP contribution in [-0.2, 0) is 0 Å². The molecule has 0 aliphatic rings. The Morgan fingerprint density at radius 3 is 2.55 bits per heavy atom. The van der Waals surface area contributed by atoms with Gasteiger partial charge in [0, 0.05) is 13.1 Å². The summed E-state index contributed by atoms with van der Waals surface area (Å²) in [5.41, 5.74) is 0.174. The lowest BCUT2D eigenvalue weighted by molar-refractivity contribution is 0.392. The Hall–Kier alpha value is -1.60. The van der Waals surface area contributed by atoms with E-state index in [4.69, 9.17) is 0 Å². The molecule has 0 bridgehead atoms. The van der Waals surface area contributed by atoms with Gasteiger partial charge in [0.1, 0.15) is 11.4 Å². The van der Waals surface area contributed by atoms with E-state index in [2.05, 4.69) is 11.4 Å². The molecular formula is C16H24FN3. The van der Waals surface area contributed by atoms with Crippen molar-refractivity contribution in [1.29, 1.82) is 5.26 Å². The van der Waals surface area contributed by atoms with Gasteiger partial charge in [-0.1, -0.05) is 19.1 Å². The number of benzene rings is 1. The van der Waals surface area contributed by atoms with E-state index in [9.17, 15) is 9.65 Å². The molecule has 0 heterocycles. The third-order valence-electron chi connectivity index (χ3n) is 3.90. The Labute approximate surface area is 121 Å². The van der Waals surface area contributed by atoms with E-state index in [1.165, 1.54) is 6.07 Å². The molecule has 0 radical (unpaired) electrons. The van der Waals surface area contributed by atoms with Gasteiger partial charge in [0.2, 0.25) is 0 Å². The highest BCUT2D eigenvalue weighted by molar-refractivity contribution is 5.47. The van der Waals surface area contributed by atoms with Gasteiger partial charge in [-0.2, -0.15) is 5.26 Å². The minimum atomic E-state index is -0.464. The van der Waals surface area contributed by atoms with Crippen molar-refractivity contribution in [3.8, 4) is 6.07 Å². The molecule has 0 spiro atoms. The van der Waals surface area contributed by atoms with E-state index < -0.39 is 5.54 Å². The molecule has 0 aliphatic heterocycles. The summed E-state index contributed by atoms with van der Waals surface area (Å²) in [7, 11) is 1.82. The van der Waals surface area contributed by atoms with Gasteiger partial charge in [-0.05, 0) is 45.4 Å². The number of para-hydroxylation sites is 1. The van der Waals surface area contributed by atoms with Crippen LogP contribution in [0.4, 0.5) is 10.1 Å². The van der Waals surface area contributed by atoms with Crippen LogP contribution in [0.5, 0.6) is 0 Å². The van der Waals surface area contributed by atoms with Crippen molar-refractivity contribution >= 4 is 5.69 Å². The van der Waals surface area contributed by atoms with Crippen LogP contribution in [0, 0.1) is 17.1 Å². The molecule has 1 unspecified atom stereocenters. The lowest BCUT2D eigenvalue weighted by atomic mass is 9.92. The first kappa shape index (κ1) is 16.5. The summed E-state index contributed by atoms with van der Waals surface area (Å²) in [4.78, 5) is 2.02. The van der Waals surface area contributed by atoms with Gasteiger partial charge in [0.05, 0.1) is 11.8 Å². The van der Waals surface area contributed by atoms with Crippen LogP contribution in [0.1, 0.15) is 33.1 Å². The van der Waals surface area contributed by atoms with E-state index >= 15 is 0 Å². The van der Waals surface area contributed by atoms with Gasteiger partial charge in [-0.15, -0.1) is 0 Å². The molecule has 0 fully saturated rings. The first-order valence-electron chi connectivity index (χ1n) is 7.22. The predicted octanol–water partition coefficient (Wildman–Crippen LogP) is 3.32. The first-order valence-corrected chi connectivity index (χ1v) is 7.22. The van der Waals surface area contributed by atoms with Gasteiger partial charge in [-0.25, -0.2) is 4.39 Å². The molecule has 4 heteroatoms. The van der Waals surface area contributed by atoms with Crippen LogP contribution >= 0.6 is 0 Å². The molecule has 0 saturated heterocycles. The summed E-state index contributed by atoms with van der Waals surface area (Å²) >= 11 is 0. The van der Waals surface area contributed by atoms with Crippen LogP contribution in [0.3, 0.4) is 0 Å². The lowest BCUT2D eigenvalue weighted by Gasteiger charge is -2.28. The van der Waals surface area contributed by atoms with E-state index in [-0.39, 0.29) is 5.82 Å². The molecule has 110 valence electrons. The molecule has 1 rings (SSSR count). The maximum absolute atomic E-state index is 13.8. The molecule has 20 heavy (non-hydrogen) atoms. The highest BCUT2D eigenvalue weighted by Crippen LogP contribution is 2.21. The molecule has 1 N–H and O–H groups in total. The van der Waals surface area contributed by atoms with E-state index in [1.54, 1.807) is 12.1 Å². The number of nitriles is 1. The summed E-state index contributed by atoms with van der Waals surface area (Å²) in [6.45, 7) is 5.53. The van der Waals surface area contributed by atoms with Crippen LogP contribution in [-0.4, -0.2) is 25.7 Å². The zero-order chi connectivity index (χ0) is 15.0. The predicted molar refractivity (Wildman–Crippen MR) is 81.2 cm³/mol. The quantitative estimate of drug-likeness (QED) is 0.792. The SMILES string of the molecule is CCN(CCCC(C#N)(CC)NC)c1ccccc1F. The Morgan fingerprint density at radius 1 is 1.35 bits per heavy atom. The number of anilines is 1. The zero-order valence-corrected chi connectivity index (χ0v) is 12.6. The molecule has 0 aromatic heterocycles. The van der Waals surface area contributed by atoms with Crippen molar-refractivity contribution < 1.29 is 4.39 Å². The fourth-order valence-electron chi connectivity index (χ4n) is 2.40. The monoisotopic (exact) mass is 277 g/mol. The minimum Gasteiger partial charge on any atom is -0.369 e. The van der Waals surface area contributed by atoms with Gasteiger partial charge < -0.3 is 10.2 Å². The summed E-state index contributed by atoms with van der Waals surface area (Å²) in [5.74, 6) is -0.190. The van der Waals surface area contributed by atoms with Gasteiger partial charge in [-0.3, -0.25) is 0 Å². The highest BCUT2D eigenvalue weighted by Gasteiger charge is 2.25. The number of hydrogen-bond acceptors (Lipinski definition) is 3. The maximum Gasteiger partial charge on any atom is 0.146 e. The van der Waals surface area contributed by atoms with Crippen molar-refractivity contribution in [3.63, 3.8) is 0 Å². The number of hydrogen-bond donors (Lipinski definition) is 1. The van der Waals surface area contributed by atoms with Crippen LogP contribution in [0.15, 0.2) is 24.3 Å². The number of nitrogens with zero attached hydrogens (tertiary/aromatic N) is 2. The second-order valence-corrected chi connectivity index (χ2v) is 4.93. The summed E-state index contributed by atoms with van der Waals surface area (Å²) in [6.07, 6.45) is 2.39. The van der Waals surface area contributed by atoms with E-state index in [0.717, 1.165) is 32.4 Å². The van der Waals surface area contributed by atoms with Crippen molar-refractivity contribution in [2.45, 2.75) is 38.6 Å². The van der Waals surface area contributed by atoms with Gasteiger partial charge in [0.15, 0.2) is 0 Å². The molecule has 0 amide bonds. The maximum atomic E-state index is 13.8. The highest BCUT2D eigenvalue weighted by atomic mass is 19.1. The minimum absolute atomic E-state index is 0.190. The standard InChI is InChI=1S/C16H24FN3/c1-4-16(13-18,19-3)11-8-12-20(5-2)15-10-7-6-9-14(15)17/h6-7,9-10,19H,4-5,8,11-12H2,1-3H3. The van der Waals surface area contributed by atoms with Crippen molar-refractivity contribution in [2.24, 2.45) is 0 Å². The molecule has 0 aliphatic carbocycles. The van der Waals surface area contributed by atoms with Crippen LogP contribution in [0.2, 0.25) is 0 Å². The average molecular weight is 277 g/mol. The summed E-state index contributed by atoms with van der Waals surface area (Å²) in [5, 5.41) is 12.4. The second-order valence-electron chi connectivity index (χ2n) is 4.93. The molecule has 1 aromatic rings. The lowest BCUT2D eigenvalue weighted by Crippen LogP contribution is -2.41. The normalized spacial score (nSPS) is 13.6. The van der Waals surface area contributed by atoms with Crippen molar-refractivity contribution in [1.82, 2.24) is 5.32 Å². The van der Waals surface area contributed by atoms with Crippen LogP contribution < -0.4 is 10.2 Å². The molecule has 3 nitrogen and oxygen atoms in total. The Kier molecular flexibility index (Phi) is 6.47. The van der Waals surface area contributed by atoms with E-state index in [1.807, 2.05) is 31.9 Å². The molecule has 1 atom stereocenters. The Balaban J connectivity index is 2.64. The number of nitrogens with one attached hydrogen (secondary N) is 1. The third kappa shape index (κ3) is 3.94. The second kappa shape index (κ2) is 7.86. The van der Waals surface area contributed by atoms with Crippen LogP contribution in [0.25, 0.3) is 0 Å². The van der Waals surface area contributed by atoms with Crippen molar-refractivity contribution in [2.75, 3.05) is 25.0 Å². The van der Waals surface area contributed by atoms with Gasteiger partial charge in [0.25, 0.3) is 0 Å². The molecule has 0 saturated carbocycles. The topological polar surface area (TPSA) is 39.1 Å². The fraction of sp³-hybridized carbons (Fsp3) is 0.562. The third-order valence-corrected chi connectivity index (χ3v) is 3.90. The van der Waals surface area contributed by atoms with Crippen molar-refractivity contribution in [3.05, 3.63) is 30.1 Å². The summed E-state index contributed by atoms with van der Waals surface area (Å²) < 4.78 is 13.8.